The second-order valence-corrected chi connectivity index (χ2v) is 5.32. The molecule has 2 rings (SSSR count). The monoisotopic (exact) mass is 321 g/mol. The maximum absolute atomic E-state index is 13.2. The van der Waals surface area contributed by atoms with Crippen molar-refractivity contribution >= 4 is 15.9 Å². The van der Waals surface area contributed by atoms with Crippen LogP contribution in [0.5, 0.6) is 0 Å². The number of halogens is 2. The molecule has 3 heteroatoms. The van der Waals surface area contributed by atoms with Crippen LogP contribution in [0.25, 0.3) is 0 Å². The normalized spacial score (nSPS) is 12.4. The summed E-state index contributed by atoms with van der Waals surface area (Å²) in [6.45, 7) is 2.96. The molecular formula is C16H17BrFN. The Balaban J connectivity index is 2.24. The third kappa shape index (κ3) is 3.88. The van der Waals surface area contributed by atoms with Crippen LogP contribution in [0.15, 0.2) is 53.0 Å². The average Bonchev–Trinajstić information content (AvgIpc) is 2.39. The highest BCUT2D eigenvalue weighted by Crippen LogP contribution is 2.27. The summed E-state index contributed by atoms with van der Waals surface area (Å²) >= 11 is 3.45. The fourth-order valence-electron chi connectivity index (χ4n) is 2.17. The largest absolute Gasteiger partial charge is 0.310 e. The fraction of sp³-hybridized carbons (Fsp3) is 0.250. The minimum atomic E-state index is -0.217. The molecule has 100 valence electrons. The summed E-state index contributed by atoms with van der Waals surface area (Å²) in [5.74, 6) is -0.217. The highest BCUT2D eigenvalue weighted by atomic mass is 79.9. The van der Waals surface area contributed by atoms with Gasteiger partial charge in [-0.1, -0.05) is 59.3 Å². The Hall–Kier alpha value is -1.19. The third-order valence-corrected chi connectivity index (χ3v) is 3.76. The molecule has 0 saturated carbocycles. The first kappa shape index (κ1) is 14.2. The van der Waals surface area contributed by atoms with E-state index in [2.05, 4.69) is 40.3 Å². The fourth-order valence-corrected chi connectivity index (χ4v) is 2.80. The average molecular weight is 322 g/mol. The van der Waals surface area contributed by atoms with E-state index in [4.69, 9.17) is 0 Å². The molecule has 0 saturated heterocycles. The summed E-state index contributed by atoms with van der Waals surface area (Å²) in [7, 11) is 0. The molecule has 0 radical (unpaired) electrons. The Morgan fingerprint density at radius 2 is 1.89 bits per heavy atom. The number of benzene rings is 2. The van der Waals surface area contributed by atoms with Gasteiger partial charge in [-0.25, -0.2) is 4.39 Å². The number of hydrogen-bond donors (Lipinski definition) is 1. The Morgan fingerprint density at radius 3 is 2.53 bits per heavy atom. The van der Waals surface area contributed by atoms with Gasteiger partial charge in [0.25, 0.3) is 0 Å². The topological polar surface area (TPSA) is 12.0 Å². The maximum atomic E-state index is 13.2. The minimum Gasteiger partial charge on any atom is -0.310 e. The predicted molar refractivity (Wildman–Crippen MR) is 80.7 cm³/mol. The number of likely N-dealkylation sites (N-methyl/N-ethyl adjacent to an activating group) is 1. The van der Waals surface area contributed by atoms with Crippen molar-refractivity contribution in [3.63, 3.8) is 0 Å². The molecule has 0 spiro atoms. The van der Waals surface area contributed by atoms with Crippen molar-refractivity contribution < 1.29 is 4.39 Å². The highest BCUT2D eigenvalue weighted by Gasteiger charge is 2.14. The predicted octanol–water partition coefficient (Wildman–Crippen LogP) is 4.48. The minimum absolute atomic E-state index is 0.183. The summed E-state index contributed by atoms with van der Waals surface area (Å²) in [5, 5.41) is 3.46. The van der Waals surface area contributed by atoms with E-state index in [1.165, 1.54) is 17.7 Å². The lowest BCUT2D eigenvalue weighted by molar-refractivity contribution is 0.545. The van der Waals surface area contributed by atoms with Crippen LogP contribution in [-0.4, -0.2) is 6.54 Å². The molecule has 1 N–H and O–H groups in total. The lowest BCUT2D eigenvalue weighted by atomic mass is 9.99. The molecule has 2 aromatic rings. The molecule has 0 bridgehead atoms. The zero-order valence-electron chi connectivity index (χ0n) is 10.9. The van der Waals surface area contributed by atoms with Gasteiger partial charge in [-0.05, 0) is 36.2 Å². The Kier molecular flexibility index (Phi) is 5.11. The van der Waals surface area contributed by atoms with Gasteiger partial charge in [-0.3, -0.25) is 0 Å². The van der Waals surface area contributed by atoms with E-state index in [1.807, 2.05) is 24.3 Å². The van der Waals surface area contributed by atoms with E-state index in [-0.39, 0.29) is 11.9 Å². The van der Waals surface area contributed by atoms with Crippen LogP contribution >= 0.6 is 15.9 Å². The van der Waals surface area contributed by atoms with Gasteiger partial charge in [0.15, 0.2) is 0 Å². The molecular weight excluding hydrogens is 305 g/mol. The zero-order chi connectivity index (χ0) is 13.7. The van der Waals surface area contributed by atoms with Gasteiger partial charge in [0.05, 0.1) is 0 Å². The summed E-state index contributed by atoms with van der Waals surface area (Å²) in [4.78, 5) is 0. The molecule has 2 aromatic carbocycles. The van der Waals surface area contributed by atoms with Gasteiger partial charge in [0.2, 0.25) is 0 Å². The molecule has 0 aliphatic rings. The van der Waals surface area contributed by atoms with Crippen LogP contribution in [0.3, 0.4) is 0 Å². The quantitative estimate of drug-likeness (QED) is 0.856. The molecule has 1 nitrogen and oxygen atoms in total. The molecule has 0 fully saturated rings. The van der Waals surface area contributed by atoms with Crippen molar-refractivity contribution in [3.8, 4) is 0 Å². The Morgan fingerprint density at radius 1 is 1.16 bits per heavy atom. The standard InChI is InChI=1S/C16H17BrFN/c1-2-19-16(10-12-6-4-3-5-7-12)14-9-8-13(18)11-15(14)17/h3-9,11,16,19H,2,10H2,1H3. The summed E-state index contributed by atoms with van der Waals surface area (Å²) in [5.41, 5.74) is 2.36. The van der Waals surface area contributed by atoms with Gasteiger partial charge < -0.3 is 5.32 Å². The lowest BCUT2D eigenvalue weighted by Gasteiger charge is -2.20. The van der Waals surface area contributed by atoms with Crippen LogP contribution in [0, 0.1) is 5.82 Å². The Bertz CT molecular complexity index is 528. The first-order chi connectivity index (χ1) is 9.20. The second-order valence-electron chi connectivity index (χ2n) is 4.47. The van der Waals surface area contributed by atoms with Crippen molar-refractivity contribution in [1.82, 2.24) is 5.32 Å². The van der Waals surface area contributed by atoms with Crippen molar-refractivity contribution in [2.75, 3.05) is 6.54 Å². The van der Waals surface area contributed by atoms with Crippen LogP contribution in [0.1, 0.15) is 24.1 Å². The van der Waals surface area contributed by atoms with Crippen LogP contribution < -0.4 is 5.32 Å². The van der Waals surface area contributed by atoms with Crippen molar-refractivity contribution in [3.05, 3.63) is 69.9 Å². The molecule has 0 aromatic heterocycles. The number of hydrogen-bond acceptors (Lipinski definition) is 1. The van der Waals surface area contributed by atoms with E-state index < -0.39 is 0 Å². The molecule has 0 heterocycles. The third-order valence-electron chi connectivity index (χ3n) is 3.07. The number of nitrogens with one attached hydrogen (secondary N) is 1. The highest BCUT2D eigenvalue weighted by molar-refractivity contribution is 9.10. The van der Waals surface area contributed by atoms with E-state index in [9.17, 15) is 4.39 Å². The first-order valence-corrected chi connectivity index (χ1v) is 7.22. The number of rotatable bonds is 5. The van der Waals surface area contributed by atoms with Crippen molar-refractivity contribution in [2.24, 2.45) is 0 Å². The molecule has 1 unspecified atom stereocenters. The Labute approximate surface area is 122 Å². The van der Waals surface area contributed by atoms with Gasteiger partial charge in [-0.2, -0.15) is 0 Å². The van der Waals surface area contributed by atoms with E-state index >= 15 is 0 Å². The first-order valence-electron chi connectivity index (χ1n) is 6.43. The van der Waals surface area contributed by atoms with Gasteiger partial charge in [0, 0.05) is 10.5 Å². The van der Waals surface area contributed by atoms with E-state index in [0.29, 0.717) is 0 Å². The summed E-state index contributed by atoms with van der Waals surface area (Å²) in [6.07, 6.45) is 0.888. The molecule has 0 aliphatic carbocycles. The molecule has 0 amide bonds. The van der Waals surface area contributed by atoms with Crippen LogP contribution in [-0.2, 0) is 6.42 Å². The van der Waals surface area contributed by atoms with Crippen molar-refractivity contribution in [2.45, 2.75) is 19.4 Å². The van der Waals surface area contributed by atoms with Crippen LogP contribution in [0.4, 0.5) is 4.39 Å². The van der Waals surface area contributed by atoms with E-state index in [0.717, 1.165) is 23.0 Å². The van der Waals surface area contributed by atoms with Gasteiger partial charge in [0.1, 0.15) is 5.82 Å². The van der Waals surface area contributed by atoms with Crippen molar-refractivity contribution in [1.29, 1.82) is 0 Å². The molecule has 1 atom stereocenters. The van der Waals surface area contributed by atoms with Gasteiger partial charge >= 0.3 is 0 Å². The van der Waals surface area contributed by atoms with E-state index in [1.54, 1.807) is 0 Å². The van der Waals surface area contributed by atoms with Crippen LogP contribution in [0.2, 0.25) is 0 Å². The van der Waals surface area contributed by atoms with Gasteiger partial charge in [-0.15, -0.1) is 0 Å². The molecule has 0 aliphatic heterocycles. The lowest BCUT2D eigenvalue weighted by Crippen LogP contribution is -2.23. The molecule has 19 heavy (non-hydrogen) atoms. The zero-order valence-corrected chi connectivity index (χ0v) is 12.5. The smallest absolute Gasteiger partial charge is 0.124 e. The SMILES string of the molecule is CCNC(Cc1ccccc1)c1ccc(F)cc1Br. The summed E-state index contributed by atoms with van der Waals surface area (Å²) < 4.78 is 14.0. The second kappa shape index (κ2) is 6.83. The maximum Gasteiger partial charge on any atom is 0.124 e. The summed E-state index contributed by atoms with van der Waals surface area (Å²) in [6, 6.07) is 15.4.